The van der Waals surface area contributed by atoms with Crippen LogP contribution in [0, 0.1) is 13.8 Å². The van der Waals surface area contributed by atoms with Crippen molar-refractivity contribution in [2.45, 2.75) is 12.5 Å². The Labute approximate surface area is 32.6 Å². The van der Waals surface area contributed by atoms with Crippen LogP contribution < -0.4 is 0 Å². The fourth-order valence-corrected chi connectivity index (χ4v) is 0. The molecular weight excluding hydrogens is 64.0 g/mol. The van der Waals surface area contributed by atoms with E-state index in [9.17, 15) is 0 Å². The molecule has 0 aliphatic rings. The van der Waals surface area contributed by atoms with Gasteiger partial charge in [-0.2, -0.15) is 0 Å². The van der Waals surface area contributed by atoms with Crippen LogP contribution in [-0.4, -0.2) is 10.7 Å². The van der Waals surface area contributed by atoms with Gasteiger partial charge in [0.05, 0.1) is 5.60 Å². The van der Waals surface area contributed by atoms with E-state index in [0.29, 0.717) is 0 Å². The highest BCUT2D eigenvalue weighted by molar-refractivity contribution is 4.76. The molecule has 0 atom stereocenters. The second kappa shape index (κ2) is 0.977. The van der Waals surface area contributed by atoms with Gasteiger partial charge in [0.2, 0.25) is 0 Å². The summed E-state index contributed by atoms with van der Waals surface area (Å²) in [5.74, 6) is 0. The van der Waals surface area contributed by atoms with Crippen molar-refractivity contribution in [1.29, 1.82) is 0 Å². The minimum absolute atomic E-state index is 1.00. The number of hydrogen-bond donors (Lipinski definition) is 1. The summed E-state index contributed by atoms with van der Waals surface area (Å²) in [7, 11) is 0. The Morgan fingerprint density at radius 1 is 1.60 bits per heavy atom. The maximum Gasteiger partial charge on any atom is 0.0622 e. The summed E-state index contributed by atoms with van der Waals surface area (Å²) in [6.45, 7) is 7.95. The van der Waals surface area contributed by atoms with Crippen LogP contribution in [0.3, 0.4) is 0 Å². The maximum atomic E-state index is 8.30. The van der Waals surface area contributed by atoms with Gasteiger partial charge in [0.15, 0.2) is 0 Å². The van der Waals surface area contributed by atoms with Gasteiger partial charge in [-0.1, -0.05) is 0 Å². The van der Waals surface area contributed by atoms with E-state index in [0.717, 1.165) is 0 Å². The van der Waals surface area contributed by atoms with Gasteiger partial charge in [0.25, 0.3) is 0 Å². The van der Waals surface area contributed by atoms with Crippen LogP contribution in [0.5, 0.6) is 0 Å². The summed E-state index contributed by atoms with van der Waals surface area (Å²) >= 11 is 0. The third kappa shape index (κ3) is 9510. The van der Waals surface area contributed by atoms with E-state index in [-0.39, 0.29) is 0 Å². The van der Waals surface area contributed by atoms with Crippen LogP contribution in [0.2, 0.25) is 0 Å². The summed E-state index contributed by atoms with van der Waals surface area (Å²) in [4.78, 5) is 0. The van der Waals surface area contributed by atoms with Crippen molar-refractivity contribution in [2.24, 2.45) is 0 Å². The third-order valence-electron chi connectivity index (χ3n) is 0. The third-order valence-corrected chi connectivity index (χ3v) is 0. The summed E-state index contributed by atoms with van der Waals surface area (Å²) in [5, 5.41) is 8.30. The number of aliphatic hydroxyl groups is 1. The highest BCUT2D eigenvalue weighted by atomic mass is 16.3. The molecule has 0 amide bonds. The molecule has 0 aromatic carbocycles. The van der Waals surface area contributed by atoms with Crippen molar-refractivity contribution >= 4 is 0 Å². The molecule has 0 bridgehead atoms. The lowest BCUT2D eigenvalue weighted by molar-refractivity contribution is 0.158. The van der Waals surface area contributed by atoms with E-state index in [1.165, 1.54) is 6.92 Å². The monoisotopic (exact) mass is 72.1 g/mol. The van der Waals surface area contributed by atoms with E-state index >= 15 is 0 Å². The van der Waals surface area contributed by atoms with Crippen LogP contribution in [0.4, 0.5) is 0 Å². The SMILES string of the molecule is [CH2]C([CH2])(C)O. The first kappa shape index (κ1) is 4.96. The molecule has 30 valence electrons. The second-order valence-electron chi connectivity index (χ2n) is 1.50. The average Bonchev–Trinajstić information content (AvgIpc) is 0.722. The molecule has 0 rings (SSSR count). The molecule has 0 aliphatic heterocycles. The van der Waals surface area contributed by atoms with Crippen LogP contribution >= 0.6 is 0 Å². The van der Waals surface area contributed by atoms with Gasteiger partial charge in [-0.15, -0.1) is 0 Å². The predicted molar refractivity (Wildman–Crippen MR) is 21.3 cm³/mol. The molecule has 0 heterocycles. The first-order valence-corrected chi connectivity index (χ1v) is 1.43. The van der Waals surface area contributed by atoms with E-state index in [1.54, 1.807) is 0 Å². The highest BCUT2D eigenvalue weighted by Crippen LogP contribution is 1.91. The standard InChI is InChI=1S/C4H8O/c1-4(2,3)5/h5H,1-2H2,3H3. The topological polar surface area (TPSA) is 20.2 Å². The normalized spacial score (nSPS) is 12.0. The highest BCUT2D eigenvalue weighted by Gasteiger charge is 1.98. The molecule has 0 aromatic heterocycles. The number of rotatable bonds is 0. The lowest BCUT2D eigenvalue weighted by atomic mass is 10.2. The van der Waals surface area contributed by atoms with Crippen molar-refractivity contribution < 1.29 is 5.11 Å². The largest absolute Gasteiger partial charge is 0.390 e. The van der Waals surface area contributed by atoms with E-state index in [4.69, 9.17) is 5.11 Å². The first-order chi connectivity index (χ1) is 2.00. The fourth-order valence-electron chi connectivity index (χ4n) is 0. The van der Waals surface area contributed by atoms with Crippen molar-refractivity contribution in [3.05, 3.63) is 13.8 Å². The minimum atomic E-state index is -1.00. The van der Waals surface area contributed by atoms with Gasteiger partial charge in [0.1, 0.15) is 0 Å². The summed E-state index contributed by atoms with van der Waals surface area (Å²) in [6, 6.07) is 0. The molecule has 1 heteroatoms. The summed E-state index contributed by atoms with van der Waals surface area (Å²) in [6.07, 6.45) is 0. The van der Waals surface area contributed by atoms with E-state index in [1.807, 2.05) is 0 Å². The zero-order valence-corrected chi connectivity index (χ0v) is 3.36. The molecule has 0 saturated heterocycles. The molecule has 0 spiro atoms. The second-order valence-corrected chi connectivity index (χ2v) is 1.50. The Morgan fingerprint density at radius 2 is 1.60 bits per heavy atom. The first-order valence-electron chi connectivity index (χ1n) is 1.43. The van der Waals surface area contributed by atoms with Gasteiger partial charge >= 0.3 is 0 Å². The van der Waals surface area contributed by atoms with Gasteiger partial charge in [-0.05, 0) is 20.8 Å². The molecule has 0 aliphatic carbocycles. The van der Waals surface area contributed by atoms with Crippen molar-refractivity contribution in [2.75, 3.05) is 0 Å². The molecular formula is C4H8O. The Bertz CT molecular complexity index is 19.1. The Hall–Kier alpha value is -0.0400. The van der Waals surface area contributed by atoms with Crippen molar-refractivity contribution in [3.63, 3.8) is 0 Å². The van der Waals surface area contributed by atoms with Crippen LogP contribution in [0.15, 0.2) is 0 Å². The van der Waals surface area contributed by atoms with Gasteiger partial charge in [-0.3, -0.25) is 0 Å². The summed E-state index contributed by atoms with van der Waals surface area (Å²) in [5.41, 5.74) is -1.00. The van der Waals surface area contributed by atoms with E-state index < -0.39 is 5.60 Å². The molecule has 1 nitrogen and oxygen atoms in total. The molecule has 0 unspecified atom stereocenters. The predicted octanol–water partition coefficient (Wildman–Crippen LogP) is 0.406. The minimum Gasteiger partial charge on any atom is -0.390 e. The van der Waals surface area contributed by atoms with Gasteiger partial charge in [-0.25, -0.2) is 0 Å². The molecule has 0 fully saturated rings. The van der Waals surface area contributed by atoms with Crippen LogP contribution in [0.25, 0.3) is 0 Å². The molecule has 5 heavy (non-hydrogen) atoms. The maximum absolute atomic E-state index is 8.30. The van der Waals surface area contributed by atoms with Crippen LogP contribution in [-0.2, 0) is 0 Å². The fraction of sp³-hybridized carbons (Fsp3) is 0.500. The number of hydrogen-bond acceptors (Lipinski definition) is 1. The molecule has 2 radical (unpaired) electrons. The quantitative estimate of drug-likeness (QED) is 0.439. The smallest absolute Gasteiger partial charge is 0.0622 e. The zero-order valence-electron chi connectivity index (χ0n) is 3.36. The summed E-state index contributed by atoms with van der Waals surface area (Å²) < 4.78 is 0. The van der Waals surface area contributed by atoms with Crippen molar-refractivity contribution in [3.8, 4) is 0 Å². The van der Waals surface area contributed by atoms with Gasteiger partial charge in [0, 0.05) is 0 Å². The van der Waals surface area contributed by atoms with Crippen molar-refractivity contribution in [1.82, 2.24) is 0 Å². The molecule has 0 aromatic rings. The van der Waals surface area contributed by atoms with E-state index in [2.05, 4.69) is 13.8 Å². The Balaban J connectivity index is 3.02. The van der Waals surface area contributed by atoms with Gasteiger partial charge < -0.3 is 5.11 Å². The lowest BCUT2D eigenvalue weighted by Gasteiger charge is -2.04. The molecule has 0 saturated carbocycles. The average molecular weight is 72.1 g/mol. The van der Waals surface area contributed by atoms with Crippen LogP contribution in [0.1, 0.15) is 6.92 Å². The zero-order chi connectivity index (χ0) is 4.50. The lowest BCUT2D eigenvalue weighted by Crippen LogP contribution is -2.11. The Morgan fingerprint density at radius 3 is 1.60 bits per heavy atom. The Kier molecular flexibility index (Phi) is 0.969. The molecule has 1 N–H and O–H groups in total.